The first-order chi connectivity index (χ1) is 12.1. The summed E-state index contributed by atoms with van der Waals surface area (Å²) in [6.07, 6.45) is 5.48. The minimum absolute atomic E-state index is 0.574. The first kappa shape index (κ1) is 17.4. The summed E-state index contributed by atoms with van der Waals surface area (Å²) in [5.41, 5.74) is 3.18. The maximum absolute atomic E-state index is 6.05. The van der Waals surface area contributed by atoms with Gasteiger partial charge in [0, 0.05) is 36.7 Å². The zero-order chi connectivity index (χ0) is 17.8. The molecule has 3 rings (SSSR count). The number of nitrogens with zero attached hydrogens (tertiary/aromatic N) is 5. The lowest BCUT2D eigenvalue weighted by molar-refractivity contribution is 0.751. The Morgan fingerprint density at radius 1 is 1.16 bits per heavy atom. The molecule has 0 atom stereocenters. The second kappa shape index (κ2) is 7.61. The molecule has 2 aromatic heterocycles. The molecule has 2 heterocycles. The molecule has 3 aromatic rings. The third kappa shape index (κ3) is 3.96. The second-order valence-electron chi connectivity index (χ2n) is 5.96. The van der Waals surface area contributed by atoms with Crippen molar-refractivity contribution in [2.24, 2.45) is 0 Å². The quantitative estimate of drug-likeness (QED) is 0.707. The minimum atomic E-state index is 0.574. The second-order valence-corrected chi connectivity index (χ2v) is 6.40. The topological polar surface area (TPSA) is 66.8 Å². The van der Waals surface area contributed by atoms with Crippen molar-refractivity contribution < 1.29 is 0 Å². The normalized spacial score (nSPS) is 10.9. The van der Waals surface area contributed by atoms with Crippen LogP contribution in [-0.4, -0.2) is 33.5 Å². The first-order valence-corrected chi connectivity index (χ1v) is 8.69. The fourth-order valence-electron chi connectivity index (χ4n) is 2.50. The summed E-state index contributed by atoms with van der Waals surface area (Å²) in [5, 5.41) is 4.06. The first-order valence-electron chi connectivity index (χ1n) is 8.31. The number of rotatable bonds is 6. The van der Waals surface area contributed by atoms with Crippen molar-refractivity contribution in [2.45, 2.75) is 26.7 Å². The highest BCUT2D eigenvalue weighted by molar-refractivity contribution is 6.30. The Kier molecular flexibility index (Phi) is 5.28. The van der Waals surface area contributed by atoms with Gasteiger partial charge in [-0.2, -0.15) is 9.97 Å². The van der Waals surface area contributed by atoms with Crippen LogP contribution in [-0.2, 0) is 0 Å². The van der Waals surface area contributed by atoms with Crippen LogP contribution >= 0.6 is 11.6 Å². The van der Waals surface area contributed by atoms with E-state index in [1.165, 1.54) is 0 Å². The molecule has 130 valence electrons. The minimum Gasteiger partial charge on any atom is -0.344 e. The molecule has 0 saturated heterocycles. The van der Waals surface area contributed by atoms with Gasteiger partial charge >= 0.3 is 0 Å². The van der Waals surface area contributed by atoms with Crippen molar-refractivity contribution in [3.05, 3.63) is 41.2 Å². The summed E-state index contributed by atoms with van der Waals surface area (Å²) < 4.78 is 0. The van der Waals surface area contributed by atoms with E-state index in [0.717, 1.165) is 30.6 Å². The molecule has 1 aromatic carbocycles. The van der Waals surface area contributed by atoms with Gasteiger partial charge < -0.3 is 10.2 Å². The predicted molar refractivity (Wildman–Crippen MR) is 103 cm³/mol. The average molecular weight is 357 g/mol. The third-order valence-corrected chi connectivity index (χ3v) is 4.19. The van der Waals surface area contributed by atoms with E-state index < -0.39 is 0 Å². The number of hydrogen-bond acceptors (Lipinski definition) is 6. The predicted octanol–water partition coefficient (Wildman–Crippen LogP) is 4.36. The van der Waals surface area contributed by atoms with Gasteiger partial charge in [0.05, 0.1) is 0 Å². The Balaban J connectivity index is 2.02. The number of hydrogen-bond donors (Lipinski definition) is 1. The van der Waals surface area contributed by atoms with Gasteiger partial charge in [-0.3, -0.25) is 0 Å². The fraction of sp³-hybridized carbons (Fsp3) is 0.333. The van der Waals surface area contributed by atoms with Gasteiger partial charge in [-0.25, -0.2) is 9.97 Å². The van der Waals surface area contributed by atoms with Crippen LogP contribution in [0.4, 0.5) is 17.5 Å². The Labute approximate surface area is 152 Å². The van der Waals surface area contributed by atoms with E-state index in [1.807, 2.05) is 37.1 Å². The van der Waals surface area contributed by atoms with Crippen LogP contribution < -0.4 is 10.2 Å². The lowest BCUT2D eigenvalue weighted by Crippen LogP contribution is -2.21. The molecule has 6 nitrogen and oxygen atoms in total. The van der Waals surface area contributed by atoms with Crippen molar-refractivity contribution in [3.63, 3.8) is 0 Å². The molecule has 0 spiro atoms. The van der Waals surface area contributed by atoms with E-state index in [-0.39, 0.29) is 0 Å². The van der Waals surface area contributed by atoms with Gasteiger partial charge in [-0.1, -0.05) is 24.9 Å². The maximum Gasteiger partial charge on any atom is 0.229 e. The molecule has 0 aliphatic heterocycles. The average Bonchev–Trinajstić information content (AvgIpc) is 2.61. The number of anilines is 3. The summed E-state index contributed by atoms with van der Waals surface area (Å²) in [7, 11) is 1.99. The highest BCUT2D eigenvalue weighted by Crippen LogP contribution is 2.27. The number of halogens is 1. The van der Waals surface area contributed by atoms with Crippen LogP contribution in [0.5, 0.6) is 0 Å². The summed E-state index contributed by atoms with van der Waals surface area (Å²) in [6, 6.07) is 5.69. The third-order valence-electron chi connectivity index (χ3n) is 3.95. The van der Waals surface area contributed by atoms with Crippen molar-refractivity contribution in [2.75, 3.05) is 23.8 Å². The van der Waals surface area contributed by atoms with Gasteiger partial charge in [0.1, 0.15) is 0 Å². The van der Waals surface area contributed by atoms with E-state index in [9.17, 15) is 0 Å². The molecule has 25 heavy (non-hydrogen) atoms. The zero-order valence-corrected chi connectivity index (χ0v) is 15.4. The fourth-order valence-corrected chi connectivity index (χ4v) is 2.73. The monoisotopic (exact) mass is 356 g/mol. The van der Waals surface area contributed by atoms with Crippen LogP contribution in [0.3, 0.4) is 0 Å². The van der Waals surface area contributed by atoms with Crippen molar-refractivity contribution in [1.82, 2.24) is 19.9 Å². The standard InChI is InChI=1S/C18H21ClN6/c1-4-5-10-25(3)18-23-16-15(20-8-9-21-16)17(24-18)22-14-7-6-13(19)11-12(14)2/h6-9,11H,4-5,10H2,1-3H3,(H,21,22,23,24). The maximum atomic E-state index is 6.05. The van der Waals surface area contributed by atoms with E-state index >= 15 is 0 Å². The molecule has 0 saturated carbocycles. The molecule has 0 aliphatic carbocycles. The molecule has 0 unspecified atom stereocenters. The molecule has 0 fully saturated rings. The Morgan fingerprint density at radius 3 is 2.72 bits per heavy atom. The summed E-state index contributed by atoms with van der Waals surface area (Å²) in [5.74, 6) is 1.28. The Morgan fingerprint density at radius 2 is 1.96 bits per heavy atom. The molecular weight excluding hydrogens is 336 g/mol. The van der Waals surface area contributed by atoms with Gasteiger partial charge in [0.15, 0.2) is 17.0 Å². The van der Waals surface area contributed by atoms with E-state index in [1.54, 1.807) is 12.4 Å². The Hall–Kier alpha value is -2.47. The van der Waals surface area contributed by atoms with Crippen LogP contribution in [0.1, 0.15) is 25.3 Å². The lowest BCUT2D eigenvalue weighted by Gasteiger charge is -2.18. The van der Waals surface area contributed by atoms with Gasteiger partial charge in [0.25, 0.3) is 0 Å². The largest absolute Gasteiger partial charge is 0.344 e. The number of aromatic nitrogens is 4. The van der Waals surface area contributed by atoms with Gasteiger partial charge in [0.2, 0.25) is 5.95 Å². The van der Waals surface area contributed by atoms with E-state index in [0.29, 0.717) is 28.0 Å². The van der Waals surface area contributed by atoms with Gasteiger partial charge in [-0.15, -0.1) is 0 Å². The smallest absolute Gasteiger partial charge is 0.229 e. The van der Waals surface area contributed by atoms with Crippen molar-refractivity contribution in [3.8, 4) is 0 Å². The molecule has 0 radical (unpaired) electrons. The van der Waals surface area contributed by atoms with Crippen LogP contribution in [0.2, 0.25) is 5.02 Å². The highest BCUT2D eigenvalue weighted by atomic mass is 35.5. The van der Waals surface area contributed by atoms with E-state index in [2.05, 4.69) is 32.2 Å². The molecule has 7 heteroatoms. The van der Waals surface area contributed by atoms with E-state index in [4.69, 9.17) is 11.6 Å². The number of fused-ring (bicyclic) bond motifs is 1. The zero-order valence-electron chi connectivity index (χ0n) is 14.6. The van der Waals surface area contributed by atoms with Crippen LogP contribution in [0.15, 0.2) is 30.6 Å². The summed E-state index contributed by atoms with van der Waals surface area (Å²) in [4.78, 5) is 20.0. The number of benzene rings is 1. The van der Waals surface area contributed by atoms with Crippen LogP contribution in [0, 0.1) is 6.92 Å². The molecule has 0 bridgehead atoms. The summed E-state index contributed by atoms with van der Waals surface area (Å²) in [6.45, 7) is 5.05. The molecule has 0 amide bonds. The summed E-state index contributed by atoms with van der Waals surface area (Å²) >= 11 is 6.05. The van der Waals surface area contributed by atoms with Crippen LogP contribution in [0.25, 0.3) is 11.2 Å². The molecule has 1 N–H and O–H groups in total. The van der Waals surface area contributed by atoms with Crippen molar-refractivity contribution >= 4 is 40.2 Å². The molecular formula is C18H21ClN6. The van der Waals surface area contributed by atoms with Crippen molar-refractivity contribution in [1.29, 1.82) is 0 Å². The van der Waals surface area contributed by atoms with Gasteiger partial charge in [-0.05, 0) is 37.1 Å². The lowest BCUT2D eigenvalue weighted by atomic mass is 10.2. The number of aryl methyl sites for hydroxylation is 1. The SMILES string of the molecule is CCCCN(C)c1nc(Nc2ccc(Cl)cc2C)c2nccnc2n1. The molecule has 0 aliphatic rings. The number of nitrogens with one attached hydrogen (secondary N) is 1. The highest BCUT2D eigenvalue weighted by Gasteiger charge is 2.13. The number of unbranched alkanes of at least 4 members (excludes halogenated alkanes) is 1. The Bertz CT molecular complexity index is 883.